The molecule has 4 rings (SSSR count). The molecule has 1 aliphatic heterocycles. The zero-order valence-corrected chi connectivity index (χ0v) is 19.4. The number of likely N-dealkylation sites (tertiary alicyclic amines) is 1. The first-order valence-electron chi connectivity index (χ1n) is 11.3. The van der Waals surface area contributed by atoms with Crippen LogP contribution in [0.3, 0.4) is 0 Å². The summed E-state index contributed by atoms with van der Waals surface area (Å²) < 4.78 is 5.15. The van der Waals surface area contributed by atoms with Gasteiger partial charge in [0.25, 0.3) is 0 Å². The lowest BCUT2D eigenvalue weighted by Crippen LogP contribution is -2.47. The predicted molar refractivity (Wildman–Crippen MR) is 122 cm³/mol. The number of esters is 1. The van der Waals surface area contributed by atoms with Gasteiger partial charge in [0.1, 0.15) is 4.88 Å². The van der Waals surface area contributed by atoms with E-state index in [0.29, 0.717) is 28.8 Å². The van der Waals surface area contributed by atoms with E-state index in [-0.39, 0.29) is 30.3 Å². The van der Waals surface area contributed by atoms with E-state index in [4.69, 9.17) is 4.74 Å². The van der Waals surface area contributed by atoms with Crippen molar-refractivity contribution >= 4 is 34.3 Å². The number of anilines is 1. The highest BCUT2D eigenvalue weighted by atomic mass is 32.1. The van der Waals surface area contributed by atoms with Crippen LogP contribution < -0.4 is 4.90 Å². The third kappa shape index (κ3) is 5.01. The molecule has 1 atom stereocenters. The molecule has 2 aromatic rings. The van der Waals surface area contributed by atoms with Gasteiger partial charge >= 0.3 is 5.97 Å². The molecule has 1 aromatic heterocycles. The fourth-order valence-electron chi connectivity index (χ4n) is 4.08. The van der Waals surface area contributed by atoms with Gasteiger partial charge in [-0.1, -0.05) is 41.7 Å². The number of thiazole rings is 1. The van der Waals surface area contributed by atoms with Crippen LogP contribution in [0.25, 0.3) is 0 Å². The molecule has 1 aromatic carbocycles. The van der Waals surface area contributed by atoms with Crippen LogP contribution in [-0.4, -0.2) is 47.4 Å². The van der Waals surface area contributed by atoms with Gasteiger partial charge in [0.2, 0.25) is 11.8 Å². The Balaban J connectivity index is 1.59. The van der Waals surface area contributed by atoms with Crippen LogP contribution in [0.4, 0.5) is 5.13 Å². The number of benzene rings is 1. The molecule has 0 unspecified atom stereocenters. The van der Waals surface area contributed by atoms with E-state index >= 15 is 0 Å². The van der Waals surface area contributed by atoms with E-state index < -0.39 is 5.97 Å². The Morgan fingerprint density at radius 1 is 1.16 bits per heavy atom. The standard InChI is InChI=1S/C24H29N3O4S/c1-3-31-23(30)20-16(2)25-24(32-20)27(14-17-8-5-4-6-9-17)22(29)19-10-7-13-26(15-19)21(28)18-11-12-18/h4-6,8-9,18-19H,3,7,10-15H2,1-2H3/t19-/m0/s1. The summed E-state index contributed by atoms with van der Waals surface area (Å²) in [6.45, 7) is 5.34. The minimum absolute atomic E-state index is 0.0497. The van der Waals surface area contributed by atoms with Crippen LogP contribution in [-0.2, 0) is 20.9 Å². The van der Waals surface area contributed by atoms with Crippen molar-refractivity contribution < 1.29 is 19.1 Å². The van der Waals surface area contributed by atoms with Crippen LogP contribution in [0.1, 0.15) is 53.5 Å². The molecule has 2 fully saturated rings. The highest BCUT2D eigenvalue weighted by Gasteiger charge is 2.38. The smallest absolute Gasteiger partial charge is 0.350 e. The number of hydrogen-bond acceptors (Lipinski definition) is 6. The largest absolute Gasteiger partial charge is 0.462 e. The summed E-state index contributed by atoms with van der Waals surface area (Å²) in [6, 6.07) is 9.75. The highest BCUT2D eigenvalue weighted by Crippen LogP contribution is 2.34. The summed E-state index contributed by atoms with van der Waals surface area (Å²) in [5, 5.41) is 0.491. The molecule has 2 amide bonds. The minimum atomic E-state index is -0.417. The van der Waals surface area contributed by atoms with Crippen molar-refractivity contribution in [3.05, 3.63) is 46.5 Å². The van der Waals surface area contributed by atoms with Crippen LogP contribution in [0.5, 0.6) is 0 Å². The third-order valence-corrected chi connectivity index (χ3v) is 7.10. The zero-order chi connectivity index (χ0) is 22.7. The summed E-state index contributed by atoms with van der Waals surface area (Å²) in [7, 11) is 0. The number of hydrogen-bond donors (Lipinski definition) is 0. The van der Waals surface area contributed by atoms with Gasteiger partial charge in [-0.3, -0.25) is 14.5 Å². The van der Waals surface area contributed by atoms with E-state index in [9.17, 15) is 14.4 Å². The van der Waals surface area contributed by atoms with Gasteiger partial charge in [0.15, 0.2) is 5.13 Å². The molecule has 2 heterocycles. The molecule has 1 aliphatic carbocycles. The molecular formula is C24H29N3O4S. The first kappa shape index (κ1) is 22.5. The van der Waals surface area contributed by atoms with Crippen molar-refractivity contribution in [2.75, 3.05) is 24.6 Å². The molecule has 0 radical (unpaired) electrons. The Hall–Kier alpha value is -2.74. The topological polar surface area (TPSA) is 79.8 Å². The second-order valence-corrected chi connectivity index (χ2v) is 9.42. The van der Waals surface area contributed by atoms with Crippen LogP contribution in [0.2, 0.25) is 0 Å². The van der Waals surface area contributed by atoms with Gasteiger partial charge in [-0.05, 0) is 45.1 Å². The molecule has 2 aliphatic rings. The van der Waals surface area contributed by atoms with Gasteiger partial charge in [0, 0.05) is 19.0 Å². The van der Waals surface area contributed by atoms with Crippen LogP contribution >= 0.6 is 11.3 Å². The van der Waals surface area contributed by atoms with Crippen molar-refractivity contribution in [1.82, 2.24) is 9.88 Å². The number of aryl methyl sites for hydroxylation is 1. The second-order valence-electron chi connectivity index (χ2n) is 8.44. The molecule has 0 spiro atoms. The number of carbonyl (C=O) groups is 3. The summed E-state index contributed by atoms with van der Waals surface area (Å²) >= 11 is 1.19. The normalized spacial score (nSPS) is 18.3. The molecule has 7 nitrogen and oxygen atoms in total. The monoisotopic (exact) mass is 455 g/mol. The van der Waals surface area contributed by atoms with Gasteiger partial charge < -0.3 is 9.64 Å². The van der Waals surface area contributed by atoms with E-state index in [2.05, 4.69) is 4.98 Å². The molecule has 32 heavy (non-hydrogen) atoms. The van der Waals surface area contributed by atoms with Gasteiger partial charge in [-0.25, -0.2) is 9.78 Å². The number of piperidine rings is 1. The number of carbonyl (C=O) groups excluding carboxylic acids is 3. The maximum atomic E-state index is 13.7. The average Bonchev–Trinajstić information content (AvgIpc) is 3.59. The van der Waals surface area contributed by atoms with E-state index in [1.807, 2.05) is 35.2 Å². The molecular weight excluding hydrogens is 426 g/mol. The molecule has 8 heteroatoms. The molecule has 0 N–H and O–H groups in total. The quantitative estimate of drug-likeness (QED) is 0.593. The SMILES string of the molecule is CCOC(=O)c1sc(N(Cc2ccccc2)C(=O)[C@H]2CCCN(C(=O)C3CC3)C2)nc1C. The van der Waals surface area contributed by atoms with Crippen molar-refractivity contribution in [3.8, 4) is 0 Å². The lowest BCUT2D eigenvalue weighted by molar-refractivity contribution is -0.136. The highest BCUT2D eigenvalue weighted by molar-refractivity contribution is 7.17. The fraction of sp³-hybridized carbons (Fsp3) is 0.500. The zero-order valence-electron chi connectivity index (χ0n) is 18.6. The van der Waals surface area contributed by atoms with Gasteiger partial charge in [-0.2, -0.15) is 0 Å². The van der Waals surface area contributed by atoms with Gasteiger partial charge in [-0.15, -0.1) is 0 Å². The molecule has 0 bridgehead atoms. The fourth-order valence-corrected chi connectivity index (χ4v) is 5.04. The second kappa shape index (κ2) is 9.81. The van der Waals surface area contributed by atoms with E-state index in [1.54, 1.807) is 18.7 Å². The maximum Gasteiger partial charge on any atom is 0.350 e. The Morgan fingerprint density at radius 3 is 2.59 bits per heavy atom. The van der Waals surface area contributed by atoms with E-state index in [0.717, 1.165) is 37.8 Å². The number of aromatic nitrogens is 1. The van der Waals surface area contributed by atoms with Crippen molar-refractivity contribution in [1.29, 1.82) is 0 Å². The molecule has 170 valence electrons. The first-order chi connectivity index (χ1) is 15.5. The average molecular weight is 456 g/mol. The summed E-state index contributed by atoms with van der Waals surface area (Å²) in [5.41, 5.74) is 1.54. The Bertz CT molecular complexity index is 986. The molecule has 1 saturated heterocycles. The minimum Gasteiger partial charge on any atom is -0.462 e. The van der Waals surface area contributed by atoms with Gasteiger partial charge in [0.05, 0.1) is 24.8 Å². The number of ether oxygens (including phenoxy) is 1. The summed E-state index contributed by atoms with van der Waals surface area (Å²) in [6.07, 6.45) is 3.49. The lowest BCUT2D eigenvalue weighted by atomic mass is 9.96. The van der Waals surface area contributed by atoms with Crippen molar-refractivity contribution in [2.45, 2.75) is 46.1 Å². The lowest BCUT2D eigenvalue weighted by Gasteiger charge is -2.34. The molecule has 1 saturated carbocycles. The Morgan fingerprint density at radius 2 is 1.91 bits per heavy atom. The van der Waals surface area contributed by atoms with Crippen LogP contribution in [0, 0.1) is 18.8 Å². The first-order valence-corrected chi connectivity index (χ1v) is 12.1. The Kier molecular flexibility index (Phi) is 6.89. The Labute approximate surface area is 192 Å². The number of rotatable bonds is 7. The third-order valence-electron chi connectivity index (χ3n) is 5.94. The summed E-state index contributed by atoms with van der Waals surface area (Å²) in [5.74, 6) is -0.402. The maximum absolute atomic E-state index is 13.7. The van der Waals surface area contributed by atoms with E-state index in [1.165, 1.54) is 11.3 Å². The predicted octanol–water partition coefficient (Wildman–Crippen LogP) is 3.81. The van der Waals surface area contributed by atoms with Crippen LogP contribution in [0.15, 0.2) is 30.3 Å². The number of nitrogens with zero attached hydrogens (tertiary/aromatic N) is 3. The summed E-state index contributed by atoms with van der Waals surface area (Å²) in [4.78, 5) is 47.1. The van der Waals surface area contributed by atoms with Crippen molar-refractivity contribution in [2.24, 2.45) is 11.8 Å². The van der Waals surface area contributed by atoms with Crippen molar-refractivity contribution in [3.63, 3.8) is 0 Å². The number of amides is 2.